The number of furan rings is 1. The molecule has 14 rings (SSSR count). The second-order valence-electron chi connectivity index (χ2n) is 15.6. The van der Waals surface area contributed by atoms with Crippen LogP contribution in [0.5, 0.6) is 0 Å². The van der Waals surface area contributed by atoms with Crippen molar-refractivity contribution in [3.8, 4) is 11.1 Å². The van der Waals surface area contributed by atoms with Gasteiger partial charge in [0.05, 0.1) is 11.4 Å². The molecule has 0 bridgehead atoms. The SMILES string of the molecule is c1ccc(S2(c3ccccc3)c3ccccc3N3c4cc5oc6ccccc6c5c5c4B(c4cccc2c43)n2c3cc4ccccc4cc3c3cccc-5c32)cc1. The van der Waals surface area contributed by atoms with Crippen LogP contribution in [0.2, 0.25) is 0 Å². The number of aromatic nitrogens is 1. The van der Waals surface area contributed by atoms with E-state index in [4.69, 9.17) is 4.42 Å². The van der Waals surface area contributed by atoms with Gasteiger partial charge >= 0.3 is 6.85 Å². The number of hydrogen-bond donors (Lipinski definition) is 0. The van der Waals surface area contributed by atoms with Crippen molar-refractivity contribution in [3.05, 3.63) is 188 Å². The van der Waals surface area contributed by atoms with Crippen LogP contribution < -0.4 is 15.8 Å². The van der Waals surface area contributed by atoms with Gasteiger partial charge in [0.25, 0.3) is 0 Å². The number of benzene rings is 9. The summed E-state index contributed by atoms with van der Waals surface area (Å²) >= 11 is 0. The highest BCUT2D eigenvalue weighted by atomic mass is 32.3. The Bertz CT molecular complexity index is 3510. The topological polar surface area (TPSA) is 21.3 Å². The predicted octanol–water partition coefficient (Wildman–Crippen LogP) is 12.9. The lowest BCUT2D eigenvalue weighted by atomic mass is 9.45. The van der Waals surface area contributed by atoms with Crippen LogP contribution in [0.3, 0.4) is 0 Å². The number of hydrogen-bond acceptors (Lipinski definition) is 2. The Kier molecular flexibility index (Phi) is 5.67. The minimum absolute atomic E-state index is 0.0794. The Labute approximate surface area is 330 Å². The van der Waals surface area contributed by atoms with Crippen molar-refractivity contribution in [1.82, 2.24) is 4.48 Å². The first-order chi connectivity index (χ1) is 28.3. The number of para-hydroxylation sites is 4. The van der Waals surface area contributed by atoms with E-state index in [-0.39, 0.29) is 6.85 Å². The summed E-state index contributed by atoms with van der Waals surface area (Å²) in [5.41, 5.74) is 13.3. The maximum Gasteiger partial charge on any atom is 0.333 e. The highest BCUT2D eigenvalue weighted by Gasteiger charge is 2.50. The molecule has 0 N–H and O–H groups in total. The van der Waals surface area contributed by atoms with Gasteiger partial charge in [-0.25, -0.2) is 0 Å². The van der Waals surface area contributed by atoms with Gasteiger partial charge in [-0.05, 0) is 87.9 Å². The third-order valence-corrected chi connectivity index (χ3v) is 16.9. The standard InChI is InChI=1S/C52H31BN2OS/c1-3-17-34(18-4-1)57(35-19-5-2-6-20-35)46-27-12-10-25-41(46)54-43-31-45-48(37-21-9-11-26-44(37)56-45)49-38-23-13-22-36-39-29-32-15-7-8-16-33(32)30-42(39)55(51(36)38)53(50(43)49)40-24-14-28-47(57)52(40)54/h1-31H. The predicted molar refractivity (Wildman–Crippen MR) is 238 cm³/mol. The molecule has 57 heavy (non-hydrogen) atoms. The number of nitrogens with zero attached hydrogens (tertiary/aromatic N) is 2. The molecule has 3 nitrogen and oxygen atoms in total. The highest BCUT2D eigenvalue weighted by Crippen LogP contribution is 2.79. The Hall–Kier alpha value is -6.95. The molecule has 0 spiro atoms. The van der Waals surface area contributed by atoms with Gasteiger partial charge < -0.3 is 13.8 Å². The second kappa shape index (κ2) is 10.7. The summed E-state index contributed by atoms with van der Waals surface area (Å²) in [5.74, 6) is 0. The lowest BCUT2D eigenvalue weighted by Crippen LogP contribution is -2.57. The monoisotopic (exact) mass is 742 g/mol. The molecule has 5 heteroatoms. The van der Waals surface area contributed by atoms with Crippen LogP contribution >= 0.6 is 10.0 Å². The second-order valence-corrected chi connectivity index (χ2v) is 18.6. The van der Waals surface area contributed by atoms with E-state index in [1.54, 1.807) is 0 Å². The maximum atomic E-state index is 6.88. The quantitative estimate of drug-likeness (QED) is 0.165. The first-order valence-electron chi connectivity index (χ1n) is 19.7. The van der Waals surface area contributed by atoms with Gasteiger partial charge in [-0.2, -0.15) is 0 Å². The van der Waals surface area contributed by atoms with Gasteiger partial charge in [0.1, 0.15) is 11.2 Å². The third kappa shape index (κ3) is 3.59. The van der Waals surface area contributed by atoms with Crippen molar-refractivity contribution in [3.63, 3.8) is 0 Å². The summed E-state index contributed by atoms with van der Waals surface area (Å²) in [6.45, 7) is -0.0794. The summed E-state index contributed by atoms with van der Waals surface area (Å²) in [7, 11) is -1.94. The summed E-state index contributed by atoms with van der Waals surface area (Å²) < 4.78 is 9.58. The molecule has 5 heterocycles. The van der Waals surface area contributed by atoms with Crippen LogP contribution in [0.4, 0.5) is 17.1 Å². The average molecular weight is 743 g/mol. The number of anilines is 3. The fraction of sp³-hybridized carbons (Fsp3) is 0. The van der Waals surface area contributed by atoms with Crippen LogP contribution in [-0.4, -0.2) is 11.3 Å². The first-order valence-corrected chi connectivity index (χ1v) is 21.3. The van der Waals surface area contributed by atoms with Crippen molar-refractivity contribution < 1.29 is 4.42 Å². The Balaban J connectivity index is 1.22. The van der Waals surface area contributed by atoms with E-state index < -0.39 is 10.0 Å². The molecule has 0 saturated carbocycles. The zero-order valence-electron chi connectivity index (χ0n) is 30.7. The van der Waals surface area contributed by atoms with E-state index in [1.165, 1.54) is 96.7 Å². The molecule has 0 fully saturated rings. The Morgan fingerprint density at radius 3 is 1.98 bits per heavy atom. The van der Waals surface area contributed by atoms with Gasteiger partial charge in [-0.3, -0.25) is 0 Å². The molecule has 0 saturated heterocycles. The minimum atomic E-state index is -1.94. The molecule has 0 aliphatic carbocycles. The van der Waals surface area contributed by atoms with Crippen molar-refractivity contribution >= 4 is 99.4 Å². The minimum Gasteiger partial charge on any atom is -0.456 e. The largest absolute Gasteiger partial charge is 0.456 e. The van der Waals surface area contributed by atoms with E-state index in [2.05, 4.69) is 197 Å². The highest BCUT2D eigenvalue weighted by molar-refractivity contribution is 8.34. The smallest absolute Gasteiger partial charge is 0.333 e. The lowest BCUT2D eigenvalue weighted by Gasteiger charge is -2.53. The van der Waals surface area contributed by atoms with Crippen LogP contribution in [0, 0.1) is 0 Å². The lowest BCUT2D eigenvalue weighted by molar-refractivity contribution is 0.669. The number of fused-ring (bicyclic) bond motifs is 14. The average Bonchev–Trinajstić information content (AvgIpc) is 3.81. The van der Waals surface area contributed by atoms with Gasteiger partial charge in [-0.15, -0.1) is 10.0 Å². The Morgan fingerprint density at radius 1 is 0.491 bits per heavy atom. The first kappa shape index (κ1) is 30.3. The normalized spacial score (nSPS) is 14.9. The van der Waals surface area contributed by atoms with E-state index in [1.807, 2.05) is 0 Å². The number of rotatable bonds is 2. The summed E-state index contributed by atoms with van der Waals surface area (Å²) in [4.78, 5) is 7.99. The van der Waals surface area contributed by atoms with Crippen molar-refractivity contribution in [2.75, 3.05) is 4.90 Å². The molecular weight excluding hydrogens is 711 g/mol. The molecule has 3 aliphatic rings. The van der Waals surface area contributed by atoms with Gasteiger partial charge in [0, 0.05) is 69.5 Å². The fourth-order valence-electron chi connectivity index (χ4n) is 10.8. The summed E-state index contributed by atoms with van der Waals surface area (Å²) in [6.07, 6.45) is 0. The molecular formula is C52H31BN2OS. The van der Waals surface area contributed by atoms with Crippen molar-refractivity contribution in [2.45, 2.75) is 19.6 Å². The molecule has 0 atom stereocenters. The maximum absolute atomic E-state index is 6.88. The van der Waals surface area contributed by atoms with Gasteiger partial charge in [0.2, 0.25) is 0 Å². The van der Waals surface area contributed by atoms with Gasteiger partial charge in [-0.1, -0.05) is 121 Å². The van der Waals surface area contributed by atoms with Crippen molar-refractivity contribution in [2.24, 2.45) is 0 Å². The molecule has 3 aliphatic heterocycles. The van der Waals surface area contributed by atoms with Crippen molar-refractivity contribution in [1.29, 1.82) is 0 Å². The molecule has 9 aromatic carbocycles. The van der Waals surface area contributed by atoms with Crippen LogP contribution in [0.1, 0.15) is 0 Å². The Morgan fingerprint density at radius 2 is 1.16 bits per heavy atom. The molecule has 0 amide bonds. The molecule has 0 radical (unpaired) electrons. The van der Waals surface area contributed by atoms with E-state index in [9.17, 15) is 0 Å². The zero-order valence-corrected chi connectivity index (χ0v) is 31.5. The van der Waals surface area contributed by atoms with Crippen LogP contribution in [0.25, 0.3) is 65.6 Å². The molecule has 11 aromatic rings. The van der Waals surface area contributed by atoms with E-state index in [0.717, 1.165) is 16.6 Å². The van der Waals surface area contributed by atoms with Gasteiger partial charge in [0.15, 0.2) is 0 Å². The van der Waals surface area contributed by atoms with E-state index >= 15 is 0 Å². The molecule has 2 aromatic heterocycles. The van der Waals surface area contributed by atoms with Crippen LogP contribution in [-0.2, 0) is 0 Å². The summed E-state index contributed by atoms with van der Waals surface area (Å²) in [5, 5.41) is 7.45. The van der Waals surface area contributed by atoms with Crippen LogP contribution in [0.15, 0.2) is 212 Å². The fourth-order valence-corrected chi connectivity index (χ4v) is 15.0. The molecule has 264 valence electrons. The zero-order chi connectivity index (χ0) is 37.0. The third-order valence-electron chi connectivity index (χ3n) is 12.9. The van der Waals surface area contributed by atoms with E-state index in [0.29, 0.717) is 0 Å². The molecule has 0 unspecified atom stereocenters. The summed E-state index contributed by atoms with van der Waals surface area (Å²) in [6, 6.07) is 70.4.